The molecule has 0 aliphatic carbocycles. The van der Waals surface area contributed by atoms with Gasteiger partial charge in [0, 0.05) is 71.8 Å². The van der Waals surface area contributed by atoms with Crippen LogP contribution in [0.1, 0.15) is 31.2 Å². The van der Waals surface area contributed by atoms with Crippen molar-refractivity contribution in [3.05, 3.63) is 23.8 Å². The highest BCUT2D eigenvalue weighted by molar-refractivity contribution is 5.80. The van der Waals surface area contributed by atoms with Crippen LogP contribution in [0.25, 0.3) is 0 Å². The van der Waals surface area contributed by atoms with Crippen molar-refractivity contribution in [3.8, 4) is 11.5 Å². The predicted octanol–water partition coefficient (Wildman–Crippen LogP) is 2.28. The molecule has 0 amide bonds. The van der Waals surface area contributed by atoms with Gasteiger partial charge in [0.05, 0.1) is 14.2 Å². The lowest BCUT2D eigenvalue weighted by Crippen LogP contribution is -2.44. The molecule has 0 aromatic heterocycles. The van der Waals surface area contributed by atoms with E-state index in [-0.39, 0.29) is 0 Å². The van der Waals surface area contributed by atoms with Crippen molar-refractivity contribution in [2.24, 2.45) is 10.9 Å². The molecule has 0 saturated carbocycles. The van der Waals surface area contributed by atoms with E-state index in [2.05, 4.69) is 32.7 Å². The van der Waals surface area contributed by atoms with Gasteiger partial charge in [-0.1, -0.05) is 0 Å². The van der Waals surface area contributed by atoms with E-state index >= 15 is 0 Å². The molecule has 2 fully saturated rings. The Morgan fingerprint density at radius 2 is 1.88 bits per heavy atom. The first-order valence-corrected chi connectivity index (χ1v) is 11.8. The van der Waals surface area contributed by atoms with Crippen LogP contribution in [0.2, 0.25) is 0 Å². The van der Waals surface area contributed by atoms with Gasteiger partial charge in [-0.05, 0) is 49.3 Å². The number of nitrogens with one attached hydrogen (secondary N) is 2. The number of nitrogens with zero attached hydrogens (tertiary/aromatic N) is 2. The number of ether oxygens (including phenoxy) is 4. The fourth-order valence-electron chi connectivity index (χ4n) is 4.24. The third kappa shape index (κ3) is 8.15. The highest BCUT2D eigenvalue weighted by atomic mass is 16.5. The fraction of sp³-hybridized carbons (Fsp3) is 0.708. The van der Waals surface area contributed by atoms with Gasteiger partial charge in [0.25, 0.3) is 0 Å². The zero-order chi connectivity index (χ0) is 22.6. The van der Waals surface area contributed by atoms with Crippen LogP contribution in [0.4, 0.5) is 0 Å². The lowest BCUT2D eigenvalue weighted by molar-refractivity contribution is 0.0203. The number of benzene rings is 1. The highest BCUT2D eigenvalue weighted by Crippen LogP contribution is 2.24. The maximum absolute atomic E-state index is 5.85. The van der Waals surface area contributed by atoms with Gasteiger partial charge in [-0.25, -0.2) is 0 Å². The molecule has 8 nitrogen and oxygen atoms in total. The Bertz CT molecular complexity index is 687. The van der Waals surface area contributed by atoms with E-state index in [0.717, 1.165) is 95.7 Å². The fourth-order valence-corrected chi connectivity index (χ4v) is 4.24. The zero-order valence-corrected chi connectivity index (χ0v) is 19.9. The first-order valence-electron chi connectivity index (χ1n) is 11.8. The van der Waals surface area contributed by atoms with Crippen molar-refractivity contribution in [2.45, 2.75) is 38.3 Å². The van der Waals surface area contributed by atoms with Crippen molar-refractivity contribution in [3.63, 3.8) is 0 Å². The van der Waals surface area contributed by atoms with Gasteiger partial charge < -0.3 is 29.6 Å². The van der Waals surface area contributed by atoms with Crippen molar-refractivity contribution >= 4 is 5.96 Å². The second-order valence-electron chi connectivity index (χ2n) is 8.57. The molecule has 2 N–H and O–H groups in total. The minimum Gasteiger partial charge on any atom is -0.497 e. The minimum absolute atomic E-state index is 0.387. The molecular formula is C24H40N4O4. The Kier molecular flexibility index (Phi) is 10.4. The number of likely N-dealkylation sites (tertiary alicyclic amines) is 1. The van der Waals surface area contributed by atoms with E-state index in [1.54, 1.807) is 14.2 Å². The first-order chi connectivity index (χ1) is 15.7. The van der Waals surface area contributed by atoms with Crippen molar-refractivity contribution in [1.82, 2.24) is 15.5 Å². The number of methoxy groups -OCH3 is 2. The standard InChI is InChI=1S/C24H40N4O4/c1-25-24(26-8-4-10-32-18-19-6-11-31-12-7-19)27-21-5-9-28(17-21)16-20-13-22(29-2)15-23(14-20)30-3/h13-15,19,21H,4-12,16-18H2,1-3H3,(H2,25,26,27). The Balaban J connectivity index is 1.32. The SMILES string of the molecule is CN=C(NCCCOCC1CCOCC1)NC1CCN(Cc2cc(OC)cc(OC)c2)C1. The smallest absolute Gasteiger partial charge is 0.191 e. The van der Waals surface area contributed by atoms with Crippen LogP contribution in [-0.4, -0.2) is 84.2 Å². The Labute approximate surface area is 192 Å². The van der Waals surface area contributed by atoms with Crippen LogP contribution in [0, 0.1) is 5.92 Å². The molecule has 2 aliphatic heterocycles. The molecular weight excluding hydrogens is 408 g/mol. The summed E-state index contributed by atoms with van der Waals surface area (Å²) in [4.78, 5) is 6.83. The van der Waals surface area contributed by atoms with Crippen LogP contribution >= 0.6 is 0 Å². The molecule has 8 heteroatoms. The second-order valence-corrected chi connectivity index (χ2v) is 8.57. The highest BCUT2D eigenvalue weighted by Gasteiger charge is 2.23. The molecule has 0 spiro atoms. The Morgan fingerprint density at radius 3 is 2.56 bits per heavy atom. The maximum Gasteiger partial charge on any atom is 0.191 e. The van der Waals surface area contributed by atoms with Crippen molar-refractivity contribution in [2.75, 3.05) is 67.3 Å². The Morgan fingerprint density at radius 1 is 1.12 bits per heavy atom. The summed E-state index contributed by atoms with van der Waals surface area (Å²) >= 11 is 0. The molecule has 2 heterocycles. The first kappa shape index (κ1) is 24.6. The van der Waals surface area contributed by atoms with Gasteiger partial charge in [-0.15, -0.1) is 0 Å². The van der Waals surface area contributed by atoms with E-state index in [9.17, 15) is 0 Å². The molecule has 2 aliphatic rings. The lowest BCUT2D eigenvalue weighted by Gasteiger charge is -2.22. The number of guanidine groups is 1. The minimum atomic E-state index is 0.387. The molecule has 0 radical (unpaired) electrons. The predicted molar refractivity (Wildman–Crippen MR) is 127 cm³/mol. The molecule has 0 bridgehead atoms. The summed E-state index contributed by atoms with van der Waals surface area (Å²) in [5, 5.41) is 6.98. The van der Waals surface area contributed by atoms with Crippen molar-refractivity contribution in [1.29, 1.82) is 0 Å². The summed E-state index contributed by atoms with van der Waals surface area (Å²) in [5.74, 6) is 3.18. The summed E-state index contributed by atoms with van der Waals surface area (Å²) in [6, 6.07) is 6.45. The quantitative estimate of drug-likeness (QED) is 0.306. The molecule has 2 saturated heterocycles. The molecule has 1 aromatic carbocycles. The molecule has 32 heavy (non-hydrogen) atoms. The summed E-state index contributed by atoms with van der Waals surface area (Å²) in [5.41, 5.74) is 1.20. The molecule has 3 rings (SSSR count). The van der Waals surface area contributed by atoms with Gasteiger partial charge in [0.15, 0.2) is 5.96 Å². The largest absolute Gasteiger partial charge is 0.497 e. The van der Waals surface area contributed by atoms with Gasteiger partial charge in [-0.2, -0.15) is 0 Å². The van der Waals surface area contributed by atoms with E-state index in [4.69, 9.17) is 18.9 Å². The number of aliphatic imine (C=N–C) groups is 1. The third-order valence-corrected chi connectivity index (χ3v) is 6.11. The summed E-state index contributed by atoms with van der Waals surface area (Å²) < 4.78 is 22.0. The van der Waals surface area contributed by atoms with E-state index in [0.29, 0.717) is 12.0 Å². The number of rotatable bonds is 11. The monoisotopic (exact) mass is 448 g/mol. The maximum atomic E-state index is 5.85. The van der Waals surface area contributed by atoms with Crippen LogP contribution in [-0.2, 0) is 16.0 Å². The summed E-state index contributed by atoms with van der Waals surface area (Å²) in [7, 11) is 5.20. The normalized spacial score (nSPS) is 20.3. The molecule has 1 unspecified atom stereocenters. The molecule has 180 valence electrons. The van der Waals surface area contributed by atoms with Crippen molar-refractivity contribution < 1.29 is 18.9 Å². The summed E-state index contributed by atoms with van der Waals surface area (Å²) in [6.45, 7) is 7.15. The van der Waals surface area contributed by atoms with Gasteiger partial charge in [0.2, 0.25) is 0 Å². The van der Waals surface area contributed by atoms with E-state index in [1.165, 1.54) is 5.56 Å². The number of hydrogen-bond donors (Lipinski definition) is 2. The zero-order valence-electron chi connectivity index (χ0n) is 19.9. The average molecular weight is 449 g/mol. The van der Waals surface area contributed by atoms with E-state index < -0.39 is 0 Å². The van der Waals surface area contributed by atoms with Crippen LogP contribution in [0.3, 0.4) is 0 Å². The van der Waals surface area contributed by atoms with Crippen LogP contribution in [0.5, 0.6) is 11.5 Å². The second kappa shape index (κ2) is 13.5. The van der Waals surface area contributed by atoms with Crippen LogP contribution < -0.4 is 20.1 Å². The topological polar surface area (TPSA) is 76.6 Å². The van der Waals surface area contributed by atoms with Gasteiger partial charge in [0.1, 0.15) is 11.5 Å². The summed E-state index contributed by atoms with van der Waals surface area (Å²) in [6.07, 6.45) is 4.31. The van der Waals surface area contributed by atoms with E-state index in [1.807, 2.05) is 13.1 Å². The Hall–Kier alpha value is -2.03. The van der Waals surface area contributed by atoms with Gasteiger partial charge >= 0.3 is 0 Å². The van der Waals surface area contributed by atoms with Crippen LogP contribution in [0.15, 0.2) is 23.2 Å². The third-order valence-electron chi connectivity index (χ3n) is 6.11. The lowest BCUT2D eigenvalue weighted by atomic mass is 10.0. The molecule has 1 atom stereocenters. The molecule has 1 aromatic rings. The number of hydrogen-bond acceptors (Lipinski definition) is 6. The van der Waals surface area contributed by atoms with Gasteiger partial charge in [-0.3, -0.25) is 9.89 Å². The average Bonchev–Trinajstić information content (AvgIpc) is 3.27.